The van der Waals surface area contributed by atoms with Gasteiger partial charge in [-0.2, -0.15) is 0 Å². The molecule has 5 rings (SSSR count). The van der Waals surface area contributed by atoms with Gasteiger partial charge in [-0.15, -0.1) is 0 Å². The second kappa shape index (κ2) is 3.94. The third kappa shape index (κ3) is 1.50. The molecule has 4 aliphatic rings. The van der Waals surface area contributed by atoms with E-state index in [1.54, 1.807) is 0 Å². The van der Waals surface area contributed by atoms with E-state index in [4.69, 9.17) is 23.7 Å². The molecule has 1 saturated heterocycles. The SMILES string of the molecule is C=C1OC2(C=CC3(C=C2)OCCO3)c2cc3c(cc21)OCO3. The van der Waals surface area contributed by atoms with Crippen molar-refractivity contribution in [3.05, 3.63) is 54.1 Å². The van der Waals surface area contributed by atoms with Crippen LogP contribution in [0.15, 0.2) is 43.0 Å². The summed E-state index contributed by atoms with van der Waals surface area (Å²) in [4.78, 5) is 0. The van der Waals surface area contributed by atoms with E-state index in [-0.39, 0.29) is 6.79 Å². The number of ether oxygens (including phenoxy) is 5. The summed E-state index contributed by atoms with van der Waals surface area (Å²) in [6.07, 6.45) is 7.70. The Labute approximate surface area is 127 Å². The Bertz CT molecular complexity index is 724. The highest BCUT2D eigenvalue weighted by Gasteiger charge is 2.45. The molecule has 0 unspecified atom stereocenters. The van der Waals surface area contributed by atoms with Gasteiger partial charge in [0.25, 0.3) is 0 Å². The number of hydrogen-bond donors (Lipinski definition) is 0. The molecule has 22 heavy (non-hydrogen) atoms. The summed E-state index contributed by atoms with van der Waals surface area (Å²) in [5, 5.41) is 0. The van der Waals surface area contributed by atoms with Gasteiger partial charge >= 0.3 is 0 Å². The van der Waals surface area contributed by atoms with E-state index >= 15 is 0 Å². The zero-order valence-electron chi connectivity index (χ0n) is 11.8. The molecule has 0 saturated carbocycles. The second-order valence-corrected chi connectivity index (χ2v) is 5.65. The summed E-state index contributed by atoms with van der Waals surface area (Å²) >= 11 is 0. The van der Waals surface area contributed by atoms with Crippen LogP contribution in [0, 0.1) is 0 Å². The number of benzene rings is 1. The van der Waals surface area contributed by atoms with Crippen molar-refractivity contribution in [3.63, 3.8) is 0 Å². The molecule has 112 valence electrons. The van der Waals surface area contributed by atoms with Crippen LogP contribution in [0.1, 0.15) is 11.1 Å². The number of fused-ring (bicyclic) bond motifs is 3. The lowest BCUT2D eigenvalue weighted by atomic mass is 9.87. The van der Waals surface area contributed by atoms with Gasteiger partial charge in [0.1, 0.15) is 5.76 Å². The molecule has 0 aromatic heterocycles. The summed E-state index contributed by atoms with van der Waals surface area (Å²) in [5.74, 6) is 1.32. The molecule has 3 heterocycles. The smallest absolute Gasteiger partial charge is 0.231 e. The van der Waals surface area contributed by atoms with Crippen molar-refractivity contribution in [1.29, 1.82) is 0 Å². The first-order valence-corrected chi connectivity index (χ1v) is 7.21. The largest absolute Gasteiger partial charge is 0.474 e. The molecule has 3 aliphatic heterocycles. The predicted molar refractivity (Wildman–Crippen MR) is 77.3 cm³/mol. The Morgan fingerprint density at radius 2 is 1.59 bits per heavy atom. The van der Waals surface area contributed by atoms with E-state index in [9.17, 15) is 0 Å². The summed E-state index contributed by atoms with van der Waals surface area (Å²) in [6, 6.07) is 3.88. The topological polar surface area (TPSA) is 46.2 Å². The van der Waals surface area contributed by atoms with Crippen molar-refractivity contribution < 1.29 is 23.7 Å². The maximum Gasteiger partial charge on any atom is 0.231 e. The molecular formula is C17H14O5. The molecule has 1 aromatic rings. The van der Waals surface area contributed by atoms with Gasteiger partial charge in [0.2, 0.25) is 12.6 Å². The molecule has 1 aliphatic carbocycles. The third-order valence-electron chi connectivity index (χ3n) is 4.39. The van der Waals surface area contributed by atoms with E-state index in [2.05, 4.69) is 6.58 Å². The summed E-state index contributed by atoms with van der Waals surface area (Å²) in [5.41, 5.74) is 1.23. The van der Waals surface area contributed by atoms with E-state index in [0.717, 1.165) is 22.6 Å². The minimum absolute atomic E-state index is 0.245. The van der Waals surface area contributed by atoms with Gasteiger partial charge in [-0.05, 0) is 36.4 Å². The minimum atomic E-state index is -0.755. The summed E-state index contributed by atoms with van der Waals surface area (Å²) in [6.45, 7) is 5.43. The van der Waals surface area contributed by atoms with Crippen LogP contribution in [0.3, 0.4) is 0 Å². The minimum Gasteiger partial charge on any atom is -0.474 e. The Balaban J connectivity index is 1.62. The van der Waals surface area contributed by atoms with Gasteiger partial charge in [-0.3, -0.25) is 0 Å². The fourth-order valence-electron chi connectivity index (χ4n) is 3.28. The fraction of sp³-hybridized carbons (Fsp3) is 0.294. The normalized spacial score (nSPS) is 25.0. The number of hydrogen-bond acceptors (Lipinski definition) is 5. The first-order chi connectivity index (χ1) is 10.7. The molecule has 0 atom stereocenters. The molecule has 1 aromatic carbocycles. The van der Waals surface area contributed by atoms with Gasteiger partial charge in [0.15, 0.2) is 17.1 Å². The van der Waals surface area contributed by atoms with E-state index < -0.39 is 11.4 Å². The van der Waals surface area contributed by atoms with Gasteiger partial charge in [0, 0.05) is 11.1 Å². The van der Waals surface area contributed by atoms with Gasteiger partial charge in [0.05, 0.1) is 13.2 Å². The highest BCUT2D eigenvalue weighted by Crippen LogP contribution is 2.51. The van der Waals surface area contributed by atoms with E-state index in [1.807, 2.05) is 36.4 Å². The highest BCUT2D eigenvalue weighted by molar-refractivity contribution is 5.73. The molecule has 0 amide bonds. The first kappa shape index (κ1) is 12.3. The quantitative estimate of drug-likeness (QED) is 0.689. The summed E-state index contributed by atoms with van der Waals surface area (Å²) < 4.78 is 28.3. The predicted octanol–water partition coefficient (Wildman–Crippen LogP) is 2.48. The maximum absolute atomic E-state index is 6.05. The Kier molecular flexibility index (Phi) is 2.21. The average Bonchev–Trinajstić information content (AvgIpc) is 3.22. The Hall–Kier alpha value is -2.24. The number of rotatable bonds is 0. The van der Waals surface area contributed by atoms with Crippen molar-refractivity contribution in [2.45, 2.75) is 11.4 Å². The lowest BCUT2D eigenvalue weighted by molar-refractivity contribution is -0.0786. The van der Waals surface area contributed by atoms with Gasteiger partial charge < -0.3 is 23.7 Å². The first-order valence-electron chi connectivity index (χ1n) is 7.21. The molecule has 0 radical (unpaired) electrons. The van der Waals surface area contributed by atoms with Crippen molar-refractivity contribution in [1.82, 2.24) is 0 Å². The van der Waals surface area contributed by atoms with Gasteiger partial charge in [-0.1, -0.05) is 6.58 Å². The molecule has 0 bridgehead atoms. The fourth-order valence-corrected chi connectivity index (χ4v) is 3.28. The zero-order valence-corrected chi connectivity index (χ0v) is 11.8. The lowest BCUT2D eigenvalue weighted by Crippen LogP contribution is -2.32. The Morgan fingerprint density at radius 3 is 2.32 bits per heavy atom. The van der Waals surface area contributed by atoms with Crippen LogP contribution in [0.4, 0.5) is 0 Å². The highest BCUT2D eigenvalue weighted by atomic mass is 16.7. The Morgan fingerprint density at radius 1 is 0.909 bits per heavy atom. The van der Waals surface area contributed by atoms with Gasteiger partial charge in [-0.25, -0.2) is 0 Å². The summed E-state index contributed by atoms with van der Waals surface area (Å²) in [7, 11) is 0. The van der Waals surface area contributed by atoms with Crippen LogP contribution in [-0.2, 0) is 19.8 Å². The van der Waals surface area contributed by atoms with Crippen LogP contribution in [-0.4, -0.2) is 25.8 Å². The van der Waals surface area contributed by atoms with Crippen molar-refractivity contribution in [2.24, 2.45) is 0 Å². The molecule has 0 N–H and O–H groups in total. The zero-order chi connectivity index (χ0) is 14.8. The van der Waals surface area contributed by atoms with E-state index in [0.29, 0.717) is 19.0 Å². The van der Waals surface area contributed by atoms with Crippen molar-refractivity contribution in [3.8, 4) is 11.5 Å². The van der Waals surface area contributed by atoms with Crippen LogP contribution in [0.25, 0.3) is 5.76 Å². The monoisotopic (exact) mass is 298 g/mol. The standard InChI is InChI=1S/C17H14O5/c1-11-12-8-14-15(19-10-18-14)9-13(12)16(22-11)2-4-17(5-3-16)20-6-7-21-17/h2-5,8-9H,1,6-7,10H2. The van der Waals surface area contributed by atoms with E-state index in [1.165, 1.54) is 0 Å². The van der Waals surface area contributed by atoms with Crippen molar-refractivity contribution >= 4 is 5.76 Å². The molecule has 5 nitrogen and oxygen atoms in total. The molecule has 2 spiro atoms. The van der Waals surface area contributed by atoms with Crippen LogP contribution in [0.5, 0.6) is 11.5 Å². The van der Waals surface area contributed by atoms with Crippen LogP contribution >= 0.6 is 0 Å². The average molecular weight is 298 g/mol. The second-order valence-electron chi connectivity index (χ2n) is 5.65. The van der Waals surface area contributed by atoms with Crippen LogP contribution in [0.2, 0.25) is 0 Å². The lowest BCUT2D eigenvalue weighted by Gasteiger charge is -2.30. The van der Waals surface area contributed by atoms with Crippen LogP contribution < -0.4 is 9.47 Å². The third-order valence-corrected chi connectivity index (χ3v) is 4.39. The van der Waals surface area contributed by atoms with Crippen molar-refractivity contribution in [2.75, 3.05) is 20.0 Å². The molecular weight excluding hydrogens is 284 g/mol. The maximum atomic E-state index is 6.05. The molecule has 1 fully saturated rings. The molecule has 5 heteroatoms.